The van der Waals surface area contributed by atoms with Gasteiger partial charge >= 0.3 is 0 Å². The number of rotatable bonds is 5. The molecule has 0 unspecified atom stereocenters. The van der Waals surface area contributed by atoms with E-state index in [2.05, 4.69) is 28.5 Å². The summed E-state index contributed by atoms with van der Waals surface area (Å²) in [5.74, 6) is -1.24. The van der Waals surface area contributed by atoms with Gasteiger partial charge in [-0.1, -0.05) is 24.3 Å². The number of halogens is 1. The number of hydrogen-bond acceptors (Lipinski definition) is 5. The Balaban J connectivity index is 1.20. The summed E-state index contributed by atoms with van der Waals surface area (Å²) in [4.78, 5) is 17.0. The number of carbonyl (C=O) groups is 1. The number of nitrogens with zero attached hydrogens (tertiary/aromatic N) is 2. The van der Waals surface area contributed by atoms with Crippen LogP contribution in [0.5, 0.6) is 0 Å². The maximum absolute atomic E-state index is 14.0. The maximum Gasteiger partial charge on any atom is 0.245 e. The Hall–Kier alpha value is -2.62. The Morgan fingerprint density at radius 3 is 2.64 bits per heavy atom. The van der Waals surface area contributed by atoms with E-state index in [1.54, 1.807) is 0 Å². The summed E-state index contributed by atoms with van der Waals surface area (Å²) in [7, 11) is -3.92. The van der Waals surface area contributed by atoms with Gasteiger partial charge in [0, 0.05) is 30.0 Å². The lowest BCUT2D eigenvalue weighted by atomic mass is 9.97. The topological polar surface area (TPSA) is 79.4 Å². The van der Waals surface area contributed by atoms with Crippen molar-refractivity contribution in [2.24, 2.45) is 5.92 Å². The third kappa shape index (κ3) is 4.45. The van der Waals surface area contributed by atoms with E-state index < -0.39 is 15.8 Å². The number of nitrogens with one attached hydrogen (secondary N) is 1. The molecule has 1 fully saturated rings. The average molecular weight is 486 g/mol. The molecule has 0 spiro atoms. The van der Waals surface area contributed by atoms with Crippen LogP contribution in [0.4, 0.5) is 9.52 Å². The van der Waals surface area contributed by atoms with E-state index in [4.69, 9.17) is 0 Å². The van der Waals surface area contributed by atoms with E-state index in [9.17, 15) is 17.6 Å². The Morgan fingerprint density at radius 1 is 1.09 bits per heavy atom. The molecule has 1 N–H and O–H groups in total. The minimum Gasteiger partial charge on any atom is -0.302 e. The van der Waals surface area contributed by atoms with E-state index in [1.165, 1.54) is 51.4 Å². The monoisotopic (exact) mass is 485 g/mol. The predicted octanol–water partition coefficient (Wildman–Crippen LogP) is 4.48. The van der Waals surface area contributed by atoms with Gasteiger partial charge in [-0.05, 0) is 61.4 Å². The molecule has 2 heterocycles. The van der Waals surface area contributed by atoms with Crippen LogP contribution in [0, 0.1) is 11.7 Å². The highest BCUT2D eigenvalue weighted by molar-refractivity contribution is 7.89. The lowest BCUT2D eigenvalue weighted by Gasteiger charge is -2.30. The quantitative estimate of drug-likeness (QED) is 0.578. The largest absolute Gasteiger partial charge is 0.302 e. The molecule has 0 radical (unpaired) electrons. The van der Waals surface area contributed by atoms with E-state index in [1.807, 2.05) is 5.38 Å². The van der Waals surface area contributed by atoms with Crippen molar-refractivity contribution in [3.8, 4) is 11.3 Å². The van der Waals surface area contributed by atoms with Gasteiger partial charge in [-0.25, -0.2) is 17.8 Å². The molecule has 172 valence electrons. The zero-order chi connectivity index (χ0) is 23.0. The van der Waals surface area contributed by atoms with Gasteiger partial charge in [0.1, 0.15) is 10.7 Å². The molecule has 5 rings (SSSR count). The summed E-state index contributed by atoms with van der Waals surface area (Å²) in [5, 5.41) is 5.37. The van der Waals surface area contributed by atoms with Crippen molar-refractivity contribution in [3.63, 3.8) is 0 Å². The standard InChI is InChI=1S/C24H24FN3O3S2/c25-20-6-1-2-7-22(20)33(30,31)28-12-10-17(11-13-28)23(29)27-24-26-21(15-32-24)19-9-8-16-4-3-5-18(16)14-19/h1-2,6-9,14-15,17H,3-5,10-13H2,(H,26,27,29). The van der Waals surface area contributed by atoms with Crippen LogP contribution in [0.1, 0.15) is 30.4 Å². The number of thiazole rings is 1. The second-order valence-corrected chi connectivity index (χ2v) is 11.2. The van der Waals surface area contributed by atoms with Crippen molar-refractivity contribution >= 4 is 32.4 Å². The summed E-state index contributed by atoms with van der Waals surface area (Å²) in [5.41, 5.74) is 4.68. The fourth-order valence-electron chi connectivity index (χ4n) is 4.55. The lowest BCUT2D eigenvalue weighted by molar-refractivity contribution is -0.120. The minimum absolute atomic E-state index is 0.159. The first-order valence-corrected chi connectivity index (χ1v) is 13.4. The highest BCUT2D eigenvalue weighted by atomic mass is 32.2. The van der Waals surface area contributed by atoms with Crippen LogP contribution in [0.25, 0.3) is 11.3 Å². The number of amides is 1. The van der Waals surface area contributed by atoms with Gasteiger partial charge in [-0.2, -0.15) is 4.31 Å². The van der Waals surface area contributed by atoms with E-state index in [0.717, 1.165) is 30.2 Å². The summed E-state index contributed by atoms with van der Waals surface area (Å²) < 4.78 is 40.8. The fourth-order valence-corrected chi connectivity index (χ4v) is 6.81. The molecule has 33 heavy (non-hydrogen) atoms. The van der Waals surface area contributed by atoms with Crippen LogP contribution in [0.2, 0.25) is 0 Å². The SMILES string of the molecule is O=C(Nc1nc(-c2ccc3c(c2)CCC3)cs1)C1CCN(S(=O)(=O)c2ccccc2F)CC1. The summed E-state index contributed by atoms with van der Waals surface area (Å²) in [6, 6.07) is 11.8. The number of sulfonamides is 1. The van der Waals surface area contributed by atoms with Crippen molar-refractivity contribution < 1.29 is 17.6 Å². The Labute approximate surface area is 196 Å². The average Bonchev–Trinajstić information content (AvgIpc) is 3.48. The third-order valence-electron chi connectivity index (χ3n) is 6.41. The lowest BCUT2D eigenvalue weighted by Crippen LogP contribution is -2.41. The maximum atomic E-state index is 14.0. The molecule has 9 heteroatoms. The number of piperidine rings is 1. The Morgan fingerprint density at radius 2 is 1.85 bits per heavy atom. The second-order valence-electron chi connectivity index (χ2n) is 8.47. The molecule has 2 aromatic carbocycles. The van der Waals surface area contributed by atoms with Crippen molar-refractivity contribution in [1.82, 2.24) is 9.29 Å². The first-order chi connectivity index (χ1) is 15.9. The van der Waals surface area contributed by atoms with Gasteiger partial charge in [0.25, 0.3) is 0 Å². The number of fused-ring (bicyclic) bond motifs is 1. The number of aryl methyl sites for hydroxylation is 2. The molecule has 1 amide bonds. The molecule has 6 nitrogen and oxygen atoms in total. The zero-order valence-electron chi connectivity index (χ0n) is 18.0. The first kappa shape index (κ1) is 22.2. The molecule has 1 saturated heterocycles. The van der Waals surface area contributed by atoms with Crippen molar-refractivity contribution in [2.75, 3.05) is 18.4 Å². The second kappa shape index (κ2) is 8.96. The molecule has 0 atom stereocenters. The first-order valence-electron chi connectivity index (χ1n) is 11.0. The van der Waals surface area contributed by atoms with Crippen LogP contribution in [-0.2, 0) is 27.7 Å². The molecular formula is C24H24FN3O3S2. The molecular weight excluding hydrogens is 461 g/mol. The van der Waals surface area contributed by atoms with Crippen LogP contribution >= 0.6 is 11.3 Å². The number of aromatic nitrogens is 1. The summed E-state index contributed by atoms with van der Waals surface area (Å²) in [6.07, 6.45) is 4.18. The van der Waals surface area contributed by atoms with Gasteiger partial charge in [0.15, 0.2) is 5.13 Å². The van der Waals surface area contributed by atoms with Crippen LogP contribution in [0.15, 0.2) is 52.7 Å². The van der Waals surface area contributed by atoms with Crippen LogP contribution in [-0.4, -0.2) is 36.7 Å². The third-order valence-corrected chi connectivity index (χ3v) is 9.10. The molecule has 3 aromatic rings. The van der Waals surface area contributed by atoms with E-state index >= 15 is 0 Å². The number of anilines is 1. The van der Waals surface area contributed by atoms with Gasteiger partial charge in [0.05, 0.1) is 5.69 Å². The predicted molar refractivity (Wildman–Crippen MR) is 126 cm³/mol. The van der Waals surface area contributed by atoms with Crippen molar-refractivity contribution in [1.29, 1.82) is 0 Å². The van der Waals surface area contributed by atoms with Crippen molar-refractivity contribution in [3.05, 3.63) is 64.8 Å². The van der Waals surface area contributed by atoms with Gasteiger partial charge in [0.2, 0.25) is 15.9 Å². The van der Waals surface area contributed by atoms with Gasteiger partial charge in [-0.15, -0.1) is 11.3 Å². The normalized spacial score (nSPS) is 17.1. The smallest absolute Gasteiger partial charge is 0.245 e. The number of carbonyl (C=O) groups excluding carboxylic acids is 1. The van der Waals surface area contributed by atoms with Gasteiger partial charge in [-0.3, -0.25) is 4.79 Å². The molecule has 0 bridgehead atoms. The minimum atomic E-state index is -3.92. The summed E-state index contributed by atoms with van der Waals surface area (Å²) in [6.45, 7) is 0.347. The van der Waals surface area contributed by atoms with E-state index in [-0.39, 0.29) is 29.8 Å². The van der Waals surface area contributed by atoms with Crippen LogP contribution < -0.4 is 5.32 Å². The molecule has 1 aromatic heterocycles. The number of benzene rings is 2. The van der Waals surface area contributed by atoms with E-state index in [0.29, 0.717) is 18.0 Å². The summed E-state index contributed by atoms with van der Waals surface area (Å²) >= 11 is 1.38. The molecule has 1 aliphatic carbocycles. The molecule has 2 aliphatic rings. The van der Waals surface area contributed by atoms with Crippen molar-refractivity contribution in [2.45, 2.75) is 37.0 Å². The van der Waals surface area contributed by atoms with Gasteiger partial charge < -0.3 is 5.32 Å². The zero-order valence-corrected chi connectivity index (χ0v) is 19.6. The molecule has 0 saturated carbocycles. The molecule has 1 aliphatic heterocycles. The Kier molecular flexibility index (Phi) is 6.03. The Bertz CT molecular complexity index is 1300. The fraction of sp³-hybridized carbons (Fsp3) is 0.333. The highest BCUT2D eigenvalue weighted by Gasteiger charge is 2.33. The van der Waals surface area contributed by atoms with Crippen LogP contribution in [0.3, 0.4) is 0 Å². The number of hydrogen-bond donors (Lipinski definition) is 1. The highest BCUT2D eigenvalue weighted by Crippen LogP contribution is 2.31.